The van der Waals surface area contributed by atoms with E-state index in [0.717, 1.165) is 22.3 Å². The summed E-state index contributed by atoms with van der Waals surface area (Å²) in [4.78, 5) is 10.1. The average molecular weight is 533 g/mol. The highest BCUT2D eigenvalue weighted by Crippen LogP contribution is 2.37. The Morgan fingerprint density at radius 1 is 0.525 bits per heavy atom. The molecule has 4 nitrogen and oxygen atoms in total. The first kappa shape index (κ1) is 28.8. The van der Waals surface area contributed by atoms with Crippen LogP contribution < -0.4 is 0 Å². The molecular weight excluding hydrogens is 492 g/mol. The van der Waals surface area contributed by atoms with Gasteiger partial charge in [-0.2, -0.15) is 0 Å². The average Bonchev–Trinajstić information content (AvgIpc) is 2.92. The zero-order valence-electron chi connectivity index (χ0n) is 24.3. The van der Waals surface area contributed by atoms with E-state index in [-0.39, 0.29) is 34.4 Å². The van der Waals surface area contributed by atoms with Crippen LogP contribution in [0.15, 0.2) is 107 Å². The normalized spacial score (nSPS) is 14.1. The molecule has 40 heavy (non-hydrogen) atoms. The molecule has 0 aliphatic heterocycles. The molecule has 4 aromatic rings. The highest BCUT2D eigenvalue weighted by Gasteiger charge is 2.24. The molecule has 4 heteroatoms. The van der Waals surface area contributed by atoms with Gasteiger partial charge in [-0.25, -0.2) is 0 Å². The first-order chi connectivity index (χ1) is 18.9. The van der Waals surface area contributed by atoms with Crippen molar-refractivity contribution in [1.29, 1.82) is 0 Å². The Bertz CT molecular complexity index is 1360. The Hall–Kier alpha value is -4.18. The number of benzene rings is 4. The lowest BCUT2D eigenvalue weighted by atomic mass is 9.86. The summed E-state index contributed by atoms with van der Waals surface area (Å²) >= 11 is 0. The van der Waals surface area contributed by atoms with Crippen LogP contribution in [0.2, 0.25) is 0 Å². The van der Waals surface area contributed by atoms with Crippen LogP contribution in [0, 0.1) is 0 Å². The predicted octanol–water partition coefficient (Wildman–Crippen LogP) is 8.71. The minimum Gasteiger partial charge on any atom is -0.507 e. The molecule has 0 aliphatic rings. The van der Waals surface area contributed by atoms with Crippen molar-refractivity contribution in [3.05, 3.63) is 130 Å². The molecule has 0 spiro atoms. The van der Waals surface area contributed by atoms with Gasteiger partial charge in [0.1, 0.15) is 23.6 Å². The fraction of sp³-hybridized carbons (Fsp3) is 0.278. The van der Waals surface area contributed by atoms with Crippen LogP contribution >= 0.6 is 0 Å². The van der Waals surface area contributed by atoms with Crippen molar-refractivity contribution in [3.8, 4) is 11.5 Å². The third-order valence-electron chi connectivity index (χ3n) is 7.12. The van der Waals surface area contributed by atoms with Crippen LogP contribution in [0.3, 0.4) is 0 Å². The molecule has 0 saturated heterocycles. The maximum Gasteiger partial charge on any atom is 0.124 e. The van der Waals surface area contributed by atoms with Crippen LogP contribution in [0.1, 0.15) is 87.0 Å². The summed E-state index contributed by atoms with van der Waals surface area (Å²) in [6, 6.07) is 30.8. The lowest BCUT2D eigenvalue weighted by Crippen LogP contribution is -2.12. The van der Waals surface area contributed by atoms with E-state index in [1.807, 2.05) is 60.7 Å². The van der Waals surface area contributed by atoms with Gasteiger partial charge in [-0.05, 0) is 57.3 Å². The highest BCUT2D eigenvalue weighted by atomic mass is 16.3. The number of hydrogen-bond donors (Lipinski definition) is 2. The quantitative estimate of drug-likeness (QED) is 0.234. The lowest BCUT2D eigenvalue weighted by molar-refractivity contribution is 0.472. The van der Waals surface area contributed by atoms with E-state index in [9.17, 15) is 10.2 Å². The monoisotopic (exact) mass is 532 g/mol. The molecule has 0 radical (unpaired) electrons. The molecule has 2 N–H and O–H groups in total. The number of hydrogen-bond acceptors (Lipinski definition) is 4. The van der Waals surface area contributed by atoms with Gasteiger partial charge in [0.15, 0.2) is 0 Å². The highest BCUT2D eigenvalue weighted by molar-refractivity contribution is 5.85. The second-order valence-electron chi connectivity index (χ2n) is 12.3. The first-order valence-corrected chi connectivity index (χ1v) is 13.8. The van der Waals surface area contributed by atoms with Crippen LogP contribution in [0.5, 0.6) is 11.5 Å². The van der Waals surface area contributed by atoms with Crippen LogP contribution in [-0.4, -0.2) is 22.6 Å². The van der Waals surface area contributed by atoms with E-state index >= 15 is 0 Å². The van der Waals surface area contributed by atoms with E-state index < -0.39 is 0 Å². The number of aliphatic imine (C=N–C) groups is 2. The molecule has 4 aromatic carbocycles. The van der Waals surface area contributed by atoms with Crippen molar-refractivity contribution < 1.29 is 10.2 Å². The van der Waals surface area contributed by atoms with Crippen molar-refractivity contribution >= 4 is 12.4 Å². The zero-order valence-corrected chi connectivity index (χ0v) is 24.3. The molecule has 0 aromatic heterocycles. The Kier molecular flexibility index (Phi) is 8.58. The minimum absolute atomic E-state index is 0.0599. The summed E-state index contributed by atoms with van der Waals surface area (Å²) in [6.07, 6.45) is 3.51. The smallest absolute Gasteiger partial charge is 0.124 e. The van der Waals surface area contributed by atoms with Gasteiger partial charge in [-0.15, -0.1) is 0 Å². The van der Waals surface area contributed by atoms with Crippen LogP contribution in [0.4, 0.5) is 0 Å². The Balaban J connectivity index is 1.83. The summed E-state index contributed by atoms with van der Waals surface area (Å²) in [5, 5.41) is 21.3. The van der Waals surface area contributed by atoms with E-state index in [1.165, 1.54) is 0 Å². The Morgan fingerprint density at radius 3 is 1.20 bits per heavy atom. The largest absolute Gasteiger partial charge is 0.507 e. The van der Waals surface area contributed by atoms with Crippen molar-refractivity contribution in [3.63, 3.8) is 0 Å². The predicted molar refractivity (Wildman–Crippen MR) is 167 cm³/mol. The fourth-order valence-corrected chi connectivity index (χ4v) is 4.57. The molecule has 0 saturated carbocycles. The summed E-state index contributed by atoms with van der Waals surface area (Å²) in [5.41, 5.74) is 5.46. The summed E-state index contributed by atoms with van der Waals surface area (Å²) < 4.78 is 0. The third-order valence-corrected chi connectivity index (χ3v) is 7.12. The number of nitrogens with zero attached hydrogens (tertiary/aromatic N) is 2. The van der Waals surface area contributed by atoms with Crippen molar-refractivity contribution in [2.24, 2.45) is 9.98 Å². The number of rotatable bonds is 7. The lowest BCUT2D eigenvalue weighted by Gasteiger charge is -2.23. The summed E-state index contributed by atoms with van der Waals surface area (Å²) in [6.45, 7) is 12.9. The van der Waals surface area contributed by atoms with E-state index in [2.05, 4.69) is 65.8 Å². The number of phenolic OH excluding ortho intramolecular Hbond substituents is 2. The topological polar surface area (TPSA) is 65.2 Å². The Morgan fingerprint density at radius 2 is 0.875 bits per heavy atom. The van der Waals surface area contributed by atoms with Gasteiger partial charge in [0.05, 0.1) is 0 Å². The van der Waals surface area contributed by atoms with Crippen molar-refractivity contribution in [2.45, 2.75) is 64.5 Å². The third kappa shape index (κ3) is 7.06. The molecule has 0 heterocycles. The van der Waals surface area contributed by atoms with E-state index in [1.54, 1.807) is 24.6 Å². The van der Waals surface area contributed by atoms with E-state index in [4.69, 9.17) is 9.98 Å². The minimum atomic E-state index is -0.370. The molecular formula is C36H40N2O2. The SMILES string of the molecule is CC(C)(C)c1ccc(O)c(C=NC(c2ccccc2)C(N=Cc2cc(C(C)(C)C)ccc2O)c2ccccc2)c1. The van der Waals surface area contributed by atoms with Gasteiger partial charge in [0, 0.05) is 23.6 Å². The standard InChI is InChI=1S/C36H40N2O2/c1-35(2,3)29-17-19-31(39)27(21-29)23-37-33(25-13-9-7-10-14-25)34(26-15-11-8-12-16-26)38-24-28-22-30(36(4,5)6)18-20-32(28)40/h7-24,33-34,39-40H,1-6H3. The Labute approximate surface area is 238 Å². The number of aromatic hydroxyl groups is 2. The molecule has 4 rings (SSSR count). The molecule has 0 bridgehead atoms. The maximum atomic E-state index is 10.7. The van der Waals surface area contributed by atoms with Gasteiger partial charge >= 0.3 is 0 Å². The summed E-state index contributed by atoms with van der Waals surface area (Å²) in [5.74, 6) is 0.375. The molecule has 2 atom stereocenters. The molecule has 206 valence electrons. The summed E-state index contributed by atoms with van der Waals surface area (Å²) in [7, 11) is 0. The van der Waals surface area contributed by atoms with Crippen molar-refractivity contribution in [2.75, 3.05) is 0 Å². The molecule has 0 fully saturated rings. The fourth-order valence-electron chi connectivity index (χ4n) is 4.57. The maximum absolute atomic E-state index is 10.7. The van der Waals surface area contributed by atoms with Crippen molar-refractivity contribution in [1.82, 2.24) is 0 Å². The van der Waals surface area contributed by atoms with Gasteiger partial charge < -0.3 is 10.2 Å². The van der Waals surface area contributed by atoms with Gasteiger partial charge in [0.2, 0.25) is 0 Å². The molecule has 0 amide bonds. The molecule has 2 unspecified atom stereocenters. The van der Waals surface area contributed by atoms with Crippen LogP contribution in [0.25, 0.3) is 0 Å². The number of phenols is 2. The molecule has 0 aliphatic carbocycles. The zero-order chi connectivity index (χ0) is 28.9. The van der Waals surface area contributed by atoms with E-state index in [0.29, 0.717) is 11.1 Å². The second kappa shape index (κ2) is 11.9. The van der Waals surface area contributed by atoms with Gasteiger partial charge in [0.25, 0.3) is 0 Å². The van der Waals surface area contributed by atoms with Gasteiger partial charge in [-0.1, -0.05) is 114 Å². The van der Waals surface area contributed by atoms with Crippen LogP contribution in [-0.2, 0) is 10.8 Å². The van der Waals surface area contributed by atoms with Gasteiger partial charge in [-0.3, -0.25) is 9.98 Å². The second-order valence-corrected chi connectivity index (χ2v) is 12.3. The first-order valence-electron chi connectivity index (χ1n) is 13.8.